The number of carbonyl (C=O) groups excluding carboxylic acids is 1. The van der Waals surface area contributed by atoms with Gasteiger partial charge in [0.25, 0.3) is 0 Å². The zero-order valence-electron chi connectivity index (χ0n) is 10.8. The lowest BCUT2D eigenvalue weighted by Crippen LogP contribution is -1.99. The second kappa shape index (κ2) is 5.84. The Hall–Kier alpha value is -1.91. The summed E-state index contributed by atoms with van der Waals surface area (Å²) < 4.78 is 16.2. The molecule has 0 saturated heterocycles. The molecule has 0 radical (unpaired) electrons. The second-order valence-electron chi connectivity index (χ2n) is 4.39. The van der Waals surface area contributed by atoms with E-state index in [1.54, 1.807) is 30.3 Å². The van der Waals surface area contributed by atoms with Gasteiger partial charge in [-0.1, -0.05) is 23.2 Å². The highest BCUT2D eigenvalue weighted by atomic mass is 35.5. The minimum atomic E-state index is 0.136. The molecule has 0 aromatic heterocycles. The highest BCUT2D eigenvalue weighted by molar-refractivity contribution is 6.33. The molecule has 0 atom stereocenters. The van der Waals surface area contributed by atoms with Crippen molar-refractivity contribution in [3.05, 3.63) is 51.5 Å². The van der Waals surface area contributed by atoms with E-state index in [0.29, 0.717) is 39.1 Å². The quantitative estimate of drug-likeness (QED) is 0.794. The number of aldehydes is 1. The molecular formula is C15H10Cl2O4. The Morgan fingerprint density at radius 3 is 2.67 bits per heavy atom. The van der Waals surface area contributed by atoms with Crippen LogP contribution in [0.25, 0.3) is 0 Å². The van der Waals surface area contributed by atoms with Gasteiger partial charge in [-0.15, -0.1) is 0 Å². The van der Waals surface area contributed by atoms with Crippen LogP contribution in [0.4, 0.5) is 0 Å². The molecule has 0 bridgehead atoms. The van der Waals surface area contributed by atoms with Gasteiger partial charge in [0.2, 0.25) is 6.79 Å². The molecule has 2 aromatic carbocycles. The first-order valence-electron chi connectivity index (χ1n) is 6.13. The Bertz CT molecular complexity index is 700. The van der Waals surface area contributed by atoms with Crippen molar-refractivity contribution in [2.45, 2.75) is 6.61 Å². The normalized spacial score (nSPS) is 12.3. The van der Waals surface area contributed by atoms with E-state index in [9.17, 15) is 4.79 Å². The molecular weight excluding hydrogens is 315 g/mol. The van der Waals surface area contributed by atoms with Gasteiger partial charge in [0.1, 0.15) is 12.4 Å². The number of hydrogen-bond acceptors (Lipinski definition) is 4. The first-order chi connectivity index (χ1) is 10.2. The van der Waals surface area contributed by atoms with Crippen molar-refractivity contribution in [3.63, 3.8) is 0 Å². The van der Waals surface area contributed by atoms with E-state index >= 15 is 0 Å². The number of rotatable bonds is 4. The zero-order valence-corrected chi connectivity index (χ0v) is 12.3. The van der Waals surface area contributed by atoms with Crippen LogP contribution in [0, 0.1) is 0 Å². The Morgan fingerprint density at radius 2 is 1.90 bits per heavy atom. The van der Waals surface area contributed by atoms with Crippen LogP contribution in [0.5, 0.6) is 17.2 Å². The van der Waals surface area contributed by atoms with E-state index in [2.05, 4.69) is 0 Å². The summed E-state index contributed by atoms with van der Waals surface area (Å²) in [6, 6.07) is 8.33. The molecule has 0 N–H and O–H groups in total. The molecule has 2 aromatic rings. The molecule has 6 heteroatoms. The summed E-state index contributed by atoms with van der Waals surface area (Å²) in [6.45, 7) is 0.330. The van der Waals surface area contributed by atoms with Crippen molar-refractivity contribution in [1.82, 2.24) is 0 Å². The number of ether oxygens (including phenoxy) is 3. The van der Waals surface area contributed by atoms with Crippen LogP contribution in [-0.2, 0) is 6.61 Å². The molecule has 3 rings (SSSR count). The average molecular weight is 325 g/mol. The van der Waals surface area contributed by atoms with Crippen molar-refractivity contribution in [1.29, 1.82) is 0 Å². The van der Waals surface area contributed by atoms with Gasteiger partial charge < -0.3 is 14.2 Å². The SMILES string of the molecule is O=Cc1cc2c(cc1OCc1cc(Cl)ccc1Cl)OCO2. The summed E-state index contributed by atoms with van der Waals surface area (Å²) in [5.74, 6) is 1.49. The van der Waals surface area contributed by atoms with E-state index in [0.717, 1.165) is 5.56 Å². The van der Waals surface area contributed by atoms with Crippen LogP contribution in [0.1, 0.15) is 15.9 Å². The number of hydrogen-bond donors (Lipinski definition) is 0. The van der Waals surface area contributed by atoms with E-state index in [1.165, 1.54) is 0 Å². The first kappa shape index (κ1) is 14.0. The lowest BCUT2D eigenvalue weighted by Gasteiger charge is -2.11. The van der Waals surface area contributed by atoms with Crippen LogP contribution in [0.15, 0.2) is 30.3 Å². The standard InChI is InChI=1S/C15H10Cl2O4/c16-11-1-2-12(17)10(3-11)7-19-13-5-15-14(20-8-21-15)4-9(13)6-18/h1-6H,7-8H2. The summed E-state index contributed by atoms with van der Waals surface area (Å²) in [6.07, 6.45) is 0.705. The molecule has 21 heavy (non-hydrogen) atoms. The van der Waals surface area contributed by atoms with Crippen LogP contribution in [0.3, 0.4) is 0 Å². The predicted molar refractivity (Wildman–Crippen MR) is 78.7 cm³/mol. The van der Waals surface area contributed by atoms with Gasteiger partial charge in [0.15, 0.2) is 17.8 Å². The van der Waals surface area contributed by atoms with E-state index < -0.39 is 0 Å². The molecule has 1 heterocycles. The third-order valence-electron chi connectivity index (χ3n) is 3.02. The summed E-state index contributed by atoms with van der Waals surface area (Å²) in [5, 5.41) is 1.12. The summed E-state index contributed by atoms with van der Waals surface area (Å²) in [5.41, 5.74) is 1.12. The lowest BCUT2D eigenvalue weighted by molar-refractivity contribution is 0.111. The van der Waals surface area contributed by atoms with Crippen molar-refractivity contribution in [3.8, 4) is 17.2 Å². The third kappa shape index (κ3) is 2.91. The van der Waals surface area contributed by atoms with Crippen LogP contribution in [0.2, 0.25) is 10.0 Å². The molecule has 108 valence electrons. The van der Waals surface area contributed by atoms with Crippen LogP contribution < -0.4 is 14.2 Å². The van der Waals surface area contributed by atoms with Gasteiger partial charge in [-0.25, -0.2) is 0 Å². The maximum atomic E-state index is 11.1. The van der Waals surface area contributed by atoms with Gasteiger partial charge in [-0.2, -0.15) is 0 Å². The largest absolute Gasteiger partial charge is 0.488 e. The fourth-order valence-corrected chi connectivity index (χ4v) is 2.33. The Labute approximate surface area is 131 Å². The van der Waals surface area contributed by atoms with Crippen molar-refractivity contribution < 1.29 is 19.0 Å². The Balaban J connectivity index is 1.85. The Kier molecular flexibility index (Phi) is 3.90. The van der Waals surface area contributed by atoms with Gasteiger partial charge in [-0.3, -0.25) is 4.79 Å². The van der Waals surface area contributed by atoms with E-state index in [1.807, 2.05) is 0 Å². The molecule has 0 spiro atoms. The highest BCUT2D eigenvalue weighted by Gasteiger charge is 2.18. The fraction of sp³-hybridized carbons (Fsp3) is 0.133. The van der Waals surface area contributed by atoms with Crippen molar-refractivity contribution >= 4 is 29.5 Å². The second-order valence-corrected chi connectivity index (χ2v) is 5.23. The predicted octanol–water partition coefficient (Wildman–Crippen LogP) is 4.11. The van der Waals surface area contributed by atoms with Crippen molar-refractivity contribution in [2.75, 3.05) is 6.79 Å². The Morgan fingerprint density at radius 1 is 1.14 bits per heavy atom. The van der Waals surface area contributed by atoms with Gasteiger partial charge in [0, 0.05) is 21.7 Å². The summed E-state index contributed by atoms with van der Waals surface area (Å²) in [4.78, 5) is 11.1. The monoisotopic (exact) mass is 324 g/mol. The fourth-order valence-electron chi connectivity index (χ4n) is 1.97. The number of carbonyl (C=O) groups is 1. The van der Waals surface area contributed by atoms with Gasteiger partial charge in [0.05, 0.1) is 5.56 Å². The van der Waals surface area contributed by atoms with Gasteiger partial charge in [-0.05, 0) is 24.3 Å². The first-order valence-corrected chi connectivity index (χ1v) is 6.88. The van der Waals surface area contributed by atoms with Gasteiger partial charge >= 0.3 is 0 Å². The molecule has 0 saturated carbocycles. The van der Waals surface area contributed by atoms with E-state index in [4.69, 9.17) is 37.4 Å². The van der Waals surface area contributed by atoms with Crippen LogP contribution in [-0.4, -0.2) is 13.1 Å². The van der Waals surface area contributed by atoms with Crippen LogP contribution >= 0.6 is 23.2 Å². The smallest absolute Gasteiger partial charge is 0.231 e. The minimum Gasteiger partial charge on any atom is -0.488 e. The maximum Gasteiger partial charge on any atom is 0.231 e. The molecule has 1 aliphatic heterocycles. The maximum absolute atomic E-state index is 11.1. The number of halogens is 2. The topological polar surface area (TPSA) is 44.8 Å². The number of benzene rings is 2. The molecule has 4 nitrogen and oxygen atoms in total. The summed E-state index contributed by atoms with van der Waals surface area (Å²) >= 11 is 12.0. The molecule has 0 amide bonds. The third-order valence-corrected chi connectivity index (χ3v) is 3.63. The molecule has 0 unspecified atom stereocenters. The van der Waals surface area contributed by atoms with E-state index in [-0.39, 0.29) is 13.4 Å². The molecule has 1 aliphatic rings. The molecule has 0 fully saturated rings. The minimum absolute atomic E-state index is 0.136. The number of fused-ring (bicyclic) bond motifs is 1. The highest BCUT2D eigenvalue weighted by Crippen LogP contribution is 2.38. The zero-order chi connectivity index (χ0) is 14.8. The lowest BCUT2D eigenvalue weighted by atomic mass is 10.2. The summed E-state index contributed by atoms with van der Waals surface area (Å²) in [7, 11) is 0. The average Bonchev–Trinajstić information content (AvgIpc) is 2.94. The molecule has 0 aliphatic carbocycles. The van der Waals surface area contributed by atoms with Crippen molar-refractivity contribution in [2.24, 2.45) is 0 Å².